The summed E-state index contributed by atoms with van der Waals surface area (Å²) in [7, 11) is 0. The highest BCUT2D eigenvalue weighted by molar-refractivity contribution is 5.23. The maximum Gasteiger partial charge on any atom is 0.130 e. The van der Waals surface area contributed by atoms with Crippen molar-refractivity contribution in [1.82, 2.24) is 5.32 Å². The Balaban J connectivity index is 2.10. The molecule has 1 aliphatic rings. The van der Waals surface area contributed by atoms with Gasteiger partial charge in [0.05, 0.1) is 0 Å². The van der Waals surface area contributed by atoms with Crippen LogP contribution in [0, 0.1) is 23.0 Å². The van der Waals surface area contributed by atoms with Crippen molar-refractivity contribution >= 4 is 0 Å². The van der Waals surface area contributed by atoms with Crippen LogP contribution in [-0.4, -0.2) is 6.04 Å². The highest BCUT2D eigenvalue weighted by atomic mass is 19.1. The van der Waals surface area contributed by atoms with E-state index in [9.17, 15) is 8.78 Å². The molecule has 3 atom stereocenters. The van der Waals surface area contributed by atoms with Gasteiger partial charge >= 0.3 is 0 Å². The summed E-state index contributed by atoms with van der Waals surface area (Å²) in [5, 5.41) is 3.42. The molecule has 1 N–H and O–H groups in total. The molecule has 20 heavy (non-hydrogen) atoms. The van der Waals surface area contributed by atoms with Gasteiger partial charge in [-0.25, -0.2) is 8.78 Å². The lowest BCUT2D eigenvalue weighted by atomic mass is 9.70. The van der Waals surface area contributed by atoms with Gasteiger partial charge in [-0.2, -0.15) is 0 Å². The highest BCUT2D eigenvalue weighted by Gasteiger charge is 2.33. The van der Waals surface area contributed by atoms with Crippen molar-refractivity contribution in [1.29, 1.82) is 0 Å². The Labute approximate surface area is 120 Å². The molecule has 3 heteroatoms. The van der Waals surface area contributed by atoms with Crippen molar-refractivity contribution in [3.8, 4) is 0 Å². The van der Waals surface area contributed by atoms with Crippen LogP contribution >= 0.6 is 0 Å². The topological polar surface area (TPSA) is 12.0 Å². The number of rotatable bonds is 3. The normalized spacial score (nSPS) is 27.3. The molecule has 1 saturated carbocycles. The third kappa shape index (κ3) is 3.57. The minimum absolute atomic E-state index is 0.156. The lowest BCUT2D eigenvalue weighted by Crippen LogP contribution is -2.41. The summed E-state index contributed by atoms with van der Waals surface area (Å²) in [6.07, 6.45) is 3.34. The molecule has 0 aliphatic heterocycles. The minimum Gasteiger partial charge on any atom is -0.307 e. The molecule has 0 saturated heterocycles. The van der Waals surface area contributed by atoms with Crippen LogP contribution in [0.1, 0.15) is 58.6 Å². The Kier molecular flexibility index (Phi) is 4.48. The van der Waals surface area contributed by atoms with Gasteiger partial charge in [0.1, 0.15) is 11.6 Å². The van der Waals surface area contributed by atoms with Crippen LogP contribution in [0.3, 0.4) is 0 Å². The highest BCUT2D eigenvalue weighted by Crippen LogP contribution is 2.39. The van der Waals surface area contributed by atoms with Crippen molar-refractivity contribution in [2.75, 3.05) is 0 Å². The van der Waals surface area contributed by atoms with Gasteiger partial charge in [-0.1, -0.05) is 26.8 Å². The van der Waals surface area contributed by atoms with Gasteiger partial charge in [-0.05, 0) is 49.7 Å². The maximum absolute atomic E-state index is 13.8. The molecule has 0 radical (unpaired) electrons. The van der Waals surface area contributed by atoms with Crippen LogP contribution in [0.5, 0.6) is 0 Å². The Morgan fingerprint density at radius 1 is 1.20 bits per heavy atom. The van der Waals surface area contributed by atoms with E-state index < -0.39 is 11.6 Å². The van der Waals surface area contributed by atoms with Gasteiger partial charge in [0.2, 0.25) is 0 Å². The molecule has 3 unspecified atom stereocenters. The lowest BCUT2D eigenvalue weighted by Gasteiger charge is -2.40. The summed E-state index contributed by atoms with van der Waals surface area (Å²) in [5.74, 6) is -0.282. The first-order valence-electron chi connectivity index (χ1n) is 7.48. The Hall–Kier alpha value is -0.960. The number of nitrogens with one attached hydrogen (secondary N) is 1. The summed E-state index contributed by atoms with van der Waals surface area (Å²) < 4.78 is 27.6. The zero-order valence-electron chi connectivity index (χ0n) is 12.8. The van der Waals surface area contributed by atoms with Gasteiger partial charge in [-0.15, -0.1) is 0 Å². The van der Waals surface area contributed by atoms with Crippen LogP contribution < -0.4 is 5.32 Å². The molecule has 1 aromatic rings. The van der Waals surface area contributed by atoms with Crippen LogP contribution in [-0.2, 0) is 0 Å². The van der Waals surface area contributed by atoms with Crippen molar-refractivity contribution in [2.24, 2.45) is 11.3 Å². The largest absolute Gasteiger partial charge is 0.307 e. The third-order valence-corrected chi connectivity index (χ3v) is 4.31. The second kappa shape index (κ2) is 5.80. The zero-order valence-corrected chi connectivity index (χ0v) is 12.8. The standard InChI is InChI=1S/C17H25F2N/c1-11-8-13(10-17(3,4)9-11)20-12(2)16-14(18)6-5-7-15(16)19/h5-7,11-13,20H,8-10H2,1-4H3. The average molecular weight is 281 g/mol. The van der Waals surface area contributed by atoms with E-state index in [1.165, 1.54) is 24.6 Å². The fourth-order valence-electron chi connectivity index (χ4n) is 3.83. The molecule has 0 heterocycles. The van der Waals surface area contributed by atoms with E-state index in [0.717, 1.165) is 12.8 Å². The molecule has 0 aromatic heterocycles. The SMILES string of the molecule is CC1CC(NC(C)c2c(F)cccc2F)CC(C)(C)C1. The van der Waals surface area contributed by atoms with E-state index in [1.54, 1.807) is 0 Å². The molecule has 1 aromatic carbocycles. The first kappa shape index (κ1) is 15.4. The molecule has 112 valence electrons. The molecule has 0 bridgehead atoms. The van der Waals surface area contributed by atoms with E-state index in [1.807, 2.05) is 6.92 Å². The Morgan fingerprint density at radius 3 is 2.35 bits per heavy atom. The first-order valence-corrected chi connectivity index (χ1v) is 7.48. The molecule has 2 rings (SSSR count). The fraction of sp³-hybridized carbons (Fsp3) is 0.647. The van der Waals surface area contributed by atoms with Crippen LogP contribution in [0.2, 0.25) is 0 Å². The minimum atomic E-state index is -0.465. The smallest absolute Gasteiger partial charge is 0.130 e. The number of halogens is 2. The van der Waals surface area contributed by atoms with Crippen LogP contribution in [0.15, 0.2) is 18.2 Å². The van der Waals surface area contributed by atoms with Gasteiger partial charge in [-0.3, -0.25) is 0 Å². The quantitative estimate of drug-likeness (QED) is 0.836. The second-order valence-electron chi connectivity index (χ2n) is 7.13. The fourth-order valence-corrected chi connectivity index (χ4v) is 3.83. The summed E-state index contributed by atoms with van der Waals surface area (Å²) in [5.41, 5.74) is 0.451. The molecule has 1 aliphatic carbocycles. The van der Waals surface area contributed by atoms with E-state index in [4.69, 9.17) is 0 Å². The van der Waals surface area contributed by atoms with E-state index in [0.29, 0.717) is 17.4 Å². The monoisotopic (exact) mass is 281 g/mol. The summed E-state index contributed by atoms with van der Waals surface area (Å²) >= 11 is 0. The third-order valence-electron chi connectivity index (χ3n) is 4.31. The predicted octanol–water partition coefficient (Wildman–Crippen LogP) is 4.83. The van der Waals surface area contributed by atoms with Crippen LogP contribution in [0.25, 0.3) is 0 Å². The average Bonchev–Trinajstić information content (AvgIpc) is 2.25. The first-order chi connectivity index (χ1) is 9.28. The number of benzene rings is 1. The number of hydrogen-bond donors (Lipinski definition) is 1. The molecule has 1 nitrogen and oxygen atoms in total. The lowest BCUT2D eigenvalue weighted by molar-refractivity contribution is 0.145. The van der Waals surface area contributed by atoms with E-state index >= 15 is 0 Å². The predicted molar refractivity (Wildman–Crippen MR) is 78.5 cm³/mol. The molecular formula is C17H25F2N. The van der Waals surface area contributed by atoms with E-state index in [-0.39, 0.29) is 11.6 Å². The van der Waals surface area contributed by atoms with Crippen molar-refractivity contribution in [3.05, 3.63) is 35.4 Å². The van der Waals surface area contributed by atoms with Gasteiger partial charge in [0.15, 0.2) is 0 Å². The zero-order chi connectivity index (χ0) is 14.9. The van der Waals surface area contributed by atoms with Crippen molar-refractivity contribution in [2.45, 2.75) is 59.0 Å². The molecule has 0 amide bonds. The Morgan fingerprint density at radius 2 is 1.80 bits per heavy atom. The van der Waals surface area contributed by atoms with Gasteiger partial charge in [0.25, 0.3) is 0 Å². The molecule has 1 fully saturated rings. The van der Waals surface area contributed by atoms with E-state index in [2.05, 4.69) is 26.1 Å². The second-order valence-corrected chi connectivity index (χ2v) is 7.13. The summed E-state index contributed by atoms with van der Waals surface area (Å²) in [6, 6.07) is 4.07. The molecular weight excluding hydrogens is 256 g/mol. The maximum atomic E-state index is 13.8. The van der Waals surface area contributed by atoms with Gasteiger partial charge in [0, 0.05) is 17.6 Å². The summed E-state index contributed by atoms with van der Waals surface area (Å²) in [4.78, 5) is 0. The van der Waals surface area contributed by atoms with Crippen LogP contribution in [0.4, 0.5) is 8.78 Å². The summed E-state index contributed by atoms with van der Waals surface area (Å²) in [6.45, 7) is 8.63. The Bertz CT molecular complexity index is 450. The molecule has 0 spiro atoms. The number of hydrogen-bond acceptors (Lipinski definition) is 1. The van der Waals surface area contributed by atoms with Crippen molar-refractivity contribution in [3.63, 3.8) is 0 Å². The van der Waals surface area contributed by atoms with Gasteiger partial charge < -0.3 is 5.32 Å². The van der Waals surface area contributed by atoms with Crippen molar-refractivity contribution < 1.29 is 8.78 Å².